The molecular weight excluding hydrogens is 200 g/mol. The minimum atomic E-state index is -0.684. The first-order valence-electron chi connectivity index (χ1n) is 5.60. The van der Waals surface area contributed by atoms with E-state index in [0.717, 1.165) is 6.42 Å². The van der Waals surface area contributed by atoms with Crippen LogP contribution in [0.1, 0.15) is 38.8 Å². The zero-order valence-corrected chi connectivity index (χ0v) is 10.2. The van der Waals surface area contributed by atoms with Crippen LogP contribution < -0.4 is 11.1 Å². The van der Waals surface area contributed by atoms with Gasteiger partial charge in [0.2, 0.25) is 5.91 Å². The van der Waals surface area contributed by atoms with Crippen LogP contribution in [-0.4, -0.2) is 11.4 Å². The summed E-state index contributed by atoms with van der Waals surface area (Å²) < 4.78 is 0. The average Bonchev–Trinajstić information content (AvgIpc) is 2.27. The van der Waals surface area contributed by atoms with Crippen molar-refractivity contribution in [1.82, 2.24) is 5.32 Å². The number of hydrogen-bond donors (Lipinski definition) is 2. The van der Waals surface area contributed by atoms with Gasteiger partial charge >= 0.3 is 0 Å². The van der Waals surface area contributed by atoms with Gasteiger partial charge in [0.05, 0.1) is 5.54 Å². The molecule has 1 aromatic carbocycles. The van der Waals surface area contributed by atoms with Crippen LogP contribution in [0.25, 0.3) is 0 Å². The molecule has 88 valence electrons. The van der Waals surface area contributed by atoms with E-state index in [0.29, 0.717) is 0 Å². The van der Waals surface area contributed by atoms with Crippen LogP contribution in [0.15, 0.2) is 30.3 Å². The van der Waals surface area contributed by atoms with Crippen LogP contribution in [0.4, 0.5) is 0 Å². The minimum absolute atomic E-state index is 0.156. The number of hydrogen-bond acceptors (Lipinski definition) is 2. The molecule has 16 heavy (non-hydrogen) atoms. The molecule has 3 nitrogen and oxygen atoms in total. The number of nitrogens with one attached hydrogen (secondary N) is 1. The topological polar surface area (TPSA) is 55.1 Å². The van der Waals surface area contributed by atoms with Crippen molar-refractivity contribution in [3.05, 3.63) is 35.9 Å². The van der Waals surface area contributed by atoms with Gasteiger partial charge in [-0.15, -0.1) is 0 Å². The van der Waals surface area contributed by atoms with E-state index >= 15 is 0 Å². The normalized spacial score (nSPS) is 13.4. The zero-order valence-electron chi connectivity index (χ0n) is 10.2. The van der Waals surface area contributed by atoms with E-state index in [1.807, 2.05) is 18.2 Å². The quantitative estimate of drug-likeness (QED) is 0.797. The molecule has 1 rings (SSSR count). The molecule has 0 spiro atoms. The largest absolute Gasteiger partial charge is 0.368 e. The van der Waals surface area contributed by atoms with E-state index < -0.39 is 5.54 Å². The third-order valence-electron chi connectivity index (χ3n) is 2.76. The van der Waals surface area contributed by atoms with Gasteiger partial charge in [0.15, 0.2) is 0 Å². The first-order chi connectivity index (χ1) is 7.47. The second-order valence-electron chi connectivity index (χ2n) is 4.51. The molecule has 0 saturated carbocycles. The van der Waals surface area contributed by atoms with Crippen molar-refractivity contribution in [2.75, 3.05) is 0 Å². The highest BCUT2D eigenvalue weighted by molar-refractivity contribution is 5.83. The summed E-state index contributed by atoms with van der Waals surface area (Å²) in [5, 5.41) is 3.28. The Labute approximate surface area is 97.0 Å². The summed E-state index contributed by atoms with van der Waals surface area (Å²) in [5.41, 5.74) is 5.85. The van der Waals surface area contributed by atoms with Gasteiger partial charge in [-0.25, -0.2) is 0 Å². The third kappa shape index (κ3) is 3.07. The van der Waals surface area contributed by atoms with Crippen molar-refractivity contribution in [1.29, 1.82) is 0 Å². The van der Waals surface area contributed by atoms with Crippen molar-refractivity contribution in [3.8, 4) is 0 Å². The number of nitrogens with two attached hydrogens (primary N) is 1. The lowest BCUT2D eigenvalue weighted by Gasteiger charge is -2.29. The summed E-state index contributed by atoms with van der Waals surface area (Å²) in [6, 6.07) is 10.2. The van der Waals surface area contributed by atoms with Crippen molar-refractivity contribution in [2.45, 2.75) is 38.8 Å². The predicted octanol–water partition coefficient (Wildman–Crippen LogP) is 1.99. The summed E-state index contributed by atoms with van der Waals surface area (Å²) in [6.45, 7) is 5.70. The van der Waals surface area contributed by atoms with Gasteiger partial charge in [-0.2, -0.15) is 0 Å². The van der Waals surface area contributed by atoms with Gasteiger partial charge in [0.1, 0.15) is 0 Å². The van der Waals surface area contributed by atoms with E-state index in [-0.39, 0.29) is 11.9 Å². The van der Waals surface area contributed by atoms with Crippen molar-refractivity contribution < 1.29 is 4.79 Å². The molecule has 0 aliphatic carbocycles. The second kappa shape index (κ2) is 5.12. The number of rotatable bonds is 5. The standard InChI is InChI=1S/C13H20N2O/c1-4-11(10-8-6-5-7-9-10)15-13(2,3)12(14)16/h5-9,11,15H,4H2,1-3H3,(H2,14,16). The highest BCUT2D eigenvalue weighted by atomic mass is 16.1. The molecule has 0 aromatic heterocycles. The number of carbonyl (C=O) groups excluding carboxylic acids is 1. The van der Waals surface area contributed by atoms with Gasteiger partial charge in [0.25, 0.3) is 0 Å². The molecule has 0 aliphatic heterocycles. The van der Waals surface area contributed by atoms with Gasteiger partial charge < -0.3 is 5.73 Å². The Balaban J connectivity index is 2.81. The molecule has 0 saturated heterocycles. The van der Waals surface area contributed by atoms with Crippen molar-refractivity contribution >= 4 is 5.91 Å². The van der Waals surface area contributed by atoms with E-state index in [2.05, 4.69) is 24.4 Å². The molecule has 1 atom stereocenters. The number of primary amides is 1. The smallest absolute Gasteiger partial charge is 0.237 e. The molecule has 3 N–H and O–H groups in total. The highest BCUT2D eigenvalue weighted by Gasteiger charge is 2.27. The Morgan fingerprint density at radius 3 is 2.38 bits per heavy atom. The maximum absolute atomic E-state index is 11.3. The van der Waals surface area contributed by atoms with Crippen LogP contribution in [0, 0.1) is 0 Å². The fourth-order valence-corrected chi connectivity index (χ4v) is 1.61. The fraction of sp³-hybridized carbons (Fsp3) is 0.462. The van der Waals surface area contributed by atoms with Crippen LogP contribution in [-0.2, 0) is 4.79 Å². The molecular formula is C13H20N2O. The van der Waals surface area contributed by atoms with Gasteiger partial charge in [-0.05, 0) is 25.8 Å². The Morgan fingerprint density at radius 2 is 1.94 bits per heavy atom. The molecule has 0 heterocycles. The van der Waals surface area contributed by atoms with E-state index in [1.165, 1.54) is 5.56 Å². The van der Waals surface area contributed by atoms with E-state index in [9.17, 15) is 4.79 Å². The first-order valence-corrected chi connectivity index (χ1v) is 5.60. The Hall–Kier alpha value is -1.35. The van der Waals surface area contributed by atoms with Gasteiger partial charge in [-0.1, -0.05) is 37.3 Å². The lowest BCUT2D eigenvalue weighted by Crippen LogP contribution is -2.51. The SMILES string of the molecule is CCC(NC(C)(C)C(N)=O)c1ccccc1. The van der Waals surface area contributed by atoms with E-state index in [1.54, 1.807) is 13.8 Å². The summed E-state index contributed by atoms with van der Waals surface area (Å²) in [7, 11) is 0. The fourth-order valence-electron chi connectivity index (χ4n) is 1.61. The minimum Gasteiger partial charge on any atom is -0.368 e. The second-order valence-corrected chi connectivity index (χ2v) is 4.51. The Bertz CT molecular complexity index is 346. The van der Waals surface area contributed by atoms with Gasteiger partial charge in [0, 0.05) is 6.04 Å². The molecule has 0 bridgehead atoms. The summed E-state index contributed by atoms with van der Waals surface area (Å²) in [6.07, 6.45) is 0.917. The molecule has 1 amide bonds. The monoisotopic (exact) mass is 220 g/mol. The average molecular weight is 220 g/mol. The number of benzene rings is 1. The predicted molar refractivity (Wildman–Crippen MR) is 65.9 cm³/mol. The first kappa shape index (κ1) is 12.7. The summed E-state index contributed by atoms with van der Waals surface area (Å²) >= 11 is 0. The maximum Gasteiger partial charge on any atom is 0.237 e. The maximum atomic E-state index is 11.3. The molecule has 1 unspecified atom stereocenters. The van der Waals surface area contributed by atoms with Crippen LogP contribution in [0.5, 0.6) is 0 Å². The van der Waals surface area contributed by atoms with Gasteiger partial charge in [-0.3, -0.25) is 10.1 Å². The lowest BCUT2D eigenvalue weighted by molar-refractivity contribution is -0.123. The van der Waals surface area contributed by atoms with Crippen molar-refractivity contribution in [2.24, 2.45) is 5.73 Å². The van der Waals surface area contributed by atoms with Crippen LogP contribution in [0.2, 0.25) is 0 Å². The molecule has 0 radical (unpaired) electrons. The Kier molecular flexibility index (Phi) is 4.07. The zero-order chi connectivity index (χ0) is 12.2. The molecule has 0 fully saturated rings. The van der Waals surface area contributed by atoms with Crippen molar-refractivity contribution in [3.63, 3.8) is 0 Å². The summed E-state index contributed by atoms with van der Waals surface area (Å²) in [4.78, 5) is 11.3. The Morgan fingerprint density at radius 1 is 1.38 bits per heavy atom. The van der Waals surface area contributed by atoms with Crippen LogP contribution >= 0.6 is 0 Å². The molecule has 0 aliphatic rings. The number of carbonyl (C=O) groups is 1. The summed E-state index contributed by atoms with van der Waals surface area (Å²) in [5.74, 6) is -0.332. The number of amides is 1. The molecule has 3 heteroatoms. The highest BCUT2D eigenvalue weighted by Crippen LogP contribution is 2.19. The van der Waals surface area contributed by atoms with E-state index in [4.69, 9.17) is 5.73 Å². The van der Waals surface area contributed by atoms with Crippen LogP contribution in [0.3, 0.4) is 0 Å². The molecule has 1 aromatic rings. The lowest BCUT2D eigenvalue weighted by atomic mass is 9.98. The third-order valence-corrected chi connectivity index (χ3v) is 2.76.